The van der Waals surface area contributed by atoms with Crippen LogP contribution < -0.4 is 0 Å². The van der Waals surface area contributed by atoms with Crippen molar-refractivity contribution in [2.75, 3.05) is 27.3 Å². The van der Waals surface area contributed by atoms with Gasteiger partial charge in [0, 0.05) is 19.7 Å². The number of likely N-dealkylation sites (N-methyl/N-ethyl adjacent to an activating group) is 1. The molecule has 0 aromatic heterocycles. The first-order valence-corrected chi connectivity index (χ1v) is 4.07. The van der Waals surface area contributed by atoms with Crippen molar-refractivity contribution in [1.82, 2.24) is 4.90 Å². The average molecular weight is 173 g/mol. The first-order chi connectivity index (χ1) is 5.65. The van der Waals surface area contributed by atoms with Gasteiger partial charge in [0.25, 0.3) is 0 Å². The number of nitrogens with zero attached hydrogens (tertiary/aromatic N) is 1. The van der Waals surface area contributed by atoms with Crippen molar-refractivity contribution < 1.29 is 14.6 Å². The fraction of sp³-hybridized carbons (Fsp3) is 0.875. The molecular weight excluding hydrogens is 158 g/mol. The first kappa shape index (κ1) is 9.48. The van der Waals surface area contributed by atoms with Gasteiger partial charge in [-0.2, -0.15) is 0 Å². The predicted octanol–water partition coefficient (Wildman–Crippen LogP) is 0.0377. The lowest BCUT2D eigenvalue weighted by Gasteiger charge is -2.17. The number of ether oxygens (including phenoxy) is 1. The number of rotatable bonds is 3. The Balaban J connectivity index is 2.44. The lowest BCUT2D eigenvalue weighted by molar-refractivity contribution is -0.141. The minimum absolute atomic E-state index is 0.213. The van der Waals surface area contributed by atoms with Gasteiger partial charge in [0.15, 0.2) is 0 Å². The van der Waals surface area contributed by atoms with Crippen molar-refractivity contribution in [2.45, 2.75) is 12.5 Å². The summed E-state index contributed by atoms with van der Waals surface area (Å²) in [6.07, 6.45) is 0.708. The third-order valence-electron chi connectivity index (χ3n) is 2.40. The maximum atomic E-state index is 10.6. The van der Waals surface area contributed by atoms with Crippen molar-refractivity contribution in [1.29, 1.82) is 0 Å². The molecule has 0 aromatic carbocycles. The summed E-state index contributed by atoms with van der Waals surface area (Å²) in [7, 11) is 3.58. The van der Waals surface area contributed by atoms with Crippen molar-refractivity contribution in [3.8, 4) is 0 Å². The Morgan fingerprint density at radius 2 is 2.42 bits per heavy atom. The molecule has 4 heteroatoms. The predicted molar refractivity (Wildman–Crippen MR) is 44.0 cm³/mol. The van der Waals surface area contributed by atoms with Crippen LogP contribution in [-0.2, 0) is 9.53 Å². The molecule has 0 bridgehead atoms. The number of likely N-dealkylation sites (tertiary alicyclic amines) is 1. The zero-order chi connectivity index (χ0) is 9.14. The van der Waals surface area contributed by atoms with E-state index in [0.717, 1.165) is 0 Å². The summed E-state index contributed by atoms with van der Waals surface area (Å²) in [4.78, 5) is 12.7. The molecule has 0 saturated carbocycles. The van der Waals surface area contributed by atoms with E-state index in [1.54, 1.807) is 7.11 Å². The Bertz CT molecular complexity index is 172. The summed E-state index contributed by atoms with van der Waals surface area (Å²) in [5, 5.41) is 8.75. The summed E-state index contributed by atoms with van der Waals surface area (Å²) >= 11 is 0. The Kier molecular flexibility index (Phi) is 3.05. The molecule has 70 valence electrons. The standard InChI is InChI=1S/C8H15NO3/c1-9-4-6(8(10)11)3-7(9)5-12-2/h6-7H,3-5H2,1-2H3,(H,10,11)/t6-,7?/m0/s1. The summed E-state index contributed by atoms with van der Waals surface area (Å²) in [5.41, 5.74) is 0. The van der Waals surface area contributed by atoms with Gasteiger partial charge in [0.2, 0.25) is 0 Å². The van der Waals surface area contributed by atoms with Crippen LogP contribution in [0.2, 0.25) is 0 Å². The van der Waals surface area contributed by atoms with Crippen molar-refractivity contribution in [3.63, 3.8) is 0 Å². The van der Waals surface area contributed by atoms with Crippen LogP contribution in [0.1, 0.15) is 6.42 Å². The highest BCUT2D eigenvalue weighted by Gasteiger charge is 2.33. The van der Waals surface area contributed by atoms with Crippen molar-refractivity contribution in [3.05, 3.63) is 0 Å². The largest absolute Gasteiger partial charge is 0.481 e. The molecule has 1 heterocycles. The van der Waals surface area contributed by atoms with E-state index in [-0.39, 0.29) is 12.0 Å². The minimum atomic E-state index is -0.694. The number of hydrogen-bond acceptors (Lipinski definition) is 3. The average Bonchev–Trinajstić information content (AvgIpc) is 2.34. The van der Waals surface area contributed by atoms with Gasteiger partial charge in [0.1, 0.15) is 0 Å². The van der Waals surface area contributed by atoms with Gasteiger partial charge in [-0.05, 0) is 13.5 Å². The molecule has 1 N–H and O–H groups in total. The number of aliphatic carboxylic acids is 1. The Labute approximate surface area is 72.1 Å². The number of carboxylic acid groups (broad SMARTS) is 1. The molecule has 0 spiro atoms. The van der Waals surface area contributed by atoms with Gasteiger partial charge >= 0.3 is 5.97 Å². The monoisotopic (exact) mass is 173 g/mol. The lowest BCUT2D eigenvalue weighted by Crippen LogP contribution is -2.28. The molecule has 1 rings (SSSR count). The van der Waals surface area contributed by atoms with E-state index in [1.165, 1.54) is 0 Å². The Hall–Kier alpha value is -0.610. The highest BCUT2D eigenvalue weighted by Crippen LogP contribution is 2.21. The first-order valence-electron chi connectivity index (χ1n) is 4.07. The second-order valence-electron chi connectivity index (χ2n) is 3.32. The van der Waals surface area contributed by atoms with E-state index in [2.05, 4.69) is 0 Å². The minimum Gasteiger partial charge on any atom is -0.481 e. The summed E-state index contributed by atoms with van der Waals surface area (Å²) in [6.45, 7) is 1.27. The van der Waals surface area contributed by atoms with Crippen molar-refractivity contribution >= 4 is 5.97 Å². The molecule has 0 aromatic rings. The molecule has 2 atom stereocenters. The normalized spacial score (nSPS) is 30.8. The fourth-order valence-corrected chi connectivity index (χ4v) is 1.65. The zero-order valence-corrected chi connectivity index (χ0v) is 7.49. The smallest absolute Gasteiger partial charge is 0.307 e. The number of carbonyl (C=O) groups is 1. The van der Waals surface area contributed by atoms with Crippen LogP contribution in [0.4, 0.5) is 0 Å². The second kappa shape index (κ2) is 3.87. The SMILES string of the molecule is COCC1C[C@H](C(=O)O)CN1C. The highest BCUT2D eigenvalue weighted by atomic mass is 16.5. The van der Waals surface area contributed by atoms with E-state index in [0.29, 0.717) is 19.6 Å². The quantitative estimate of drug-likeness (QED) is 0.654. The fourth-order valence-electron chi connectivity index (χ4n) is 1.65. The van der Waals surface area contributed by atoms with Gasteiger partial charge in [-0.1, -0.05) is 0 Å². The number of hydrogen-bond donors (Lipinski definition) is 1. The van der Waals surface area contributed by atoms with Crippen LogP contribution in [-0.4, -0.2) is 49.3 Å². The summed E-state index contributed by atoms with van der Waals surface area (Å²) in [5.74, 6) is -0.907. The van der Waals surface area contributed by atoms with Crippen molar-refractivity contribution in [2.24, 2.45) is 5.92 Å². The maximum absolute atomic E-state index is 10.6. The molecule has 1 aliphatic rings. The molecule has 0 radical (unpaired) electrons. The van der Waals surface area contributed by atoms with Crippen LogP contribution in [0.5, 0.6) is 0 Å². The van der Waals surface area contributed by atoms with Gasteiger partial charge in [0.05, 0.1) is 12.5 Å². The van der Waals surface area contributed by atoms with Gasteiger partial charge < -0.3 is 14.7 Å². The van der Waals surface area contributed by atoms with Crippen LogP contribution in [0.15, 0.2) is 0 Å². The van der Waals surface area contributed by atoms with Gasteiger partial charge in [-0.25, -0.2) is 0 Å². The topological polar surface area (TPSA) is 49.8 Å². The molecule has 1 aliphatic heterocycles. The molecule has 1 unspecified atom stereocenters. The number of carboxylic acids is 1. The van der Waals surface area contributed by atoms with E-state index in [4.69, 9.17) is 9.84 Å². The number of methoxy groups -OCH3 is 1. The van der Waals surface area contributed by atoms with E-state index in [9.17, 15) is 4.79 Å². The lowest BCUT2D eigenvalue weighted by atomic mass is 10.1. The summed E-state index contributed by atoms with van der Waals surface area (Å²) < 4.78 is 4.99. The van der Waals surface area contributed by atoms with E-state index < -0.39 is 5.97 Å². The Morgan fingerprint density at radius 1 is 1.75 bits per heavy atom. The van der Waals surface area contributed by atoms with Crippen LogP contribution in [0, 0.1) is 5.92 Å². The molecule has 0 aliphatic carbocycles. The molecule has 0 amide bonds. The van der Waals surface area contributed by atoms with Crippen LogP contribution in [0.25, 0.3) is 0 Å². The molecule has 12 heavy (non-hydrogen) atoms. The molecule has 1 saturated heterocycles. The van der Waals surface area contributed by atoms with Gasteiger partial charge in [-0.3, -0.25) is 4.79 Å². The Morgan fingerprint density at radius 3 is 2.83 bits per heavy atom. The third-order valence-corrected chi connectivity index (χ3v) is 2.40. The van der Waals surface area contributed by atoms with E-state index >= 15 is 0 Å². The van der Waals surface area contributed by atoms with Crippen LogP contribution >= 0.6 is 0 Å². The second-order valence-corrected chi connectivity index (χ2v) is 3.32. The molecule has 4 nitrogen and oxygen atoms in total. The highest BCUT2D eigenvalue weighted by molar-refractivity contribution is 5.70. The molecular formula is C8H15NO3. The third kappa shape index (κ3) is 1.95. The van der Waals surface area contributed by atoms with Gasteiger partial charge in [-0.15, -0.1) is 0 Å². The maximum Gasteiger partial charge on any atom is 0.307 e. The molecule has 1 fully saturated rings. The van der Waals surface area contributed by atoms with Crippen LogP contribution in [0.3, 0.4) is 0 Å². The van der Waals surface area contributed by atoms with E-state index in [1.807, 2.05) is 11.9 Å². The zero-order valence-electron chi connectivity index (χ0n) is 7.49. The summed E-state index contributed by atoms with van der Waals surface area (Å²) in [6, 6.07) is 0.274.